The molecule has 0 aromatic rings. The first-order valence-corrected chi connectivity index (χ1v) is 14.0. The molecule has 7 heteroatoms. The minimum Gasteiger partial charge on any atom is -0.464 e. The minimum absolute atomic E-state index is 0.0198. The smallest absolute Gasteiger partial charge is 0.311 e. The zero-order valence-corrected chi connectivity index (χ0v) is 22.5. The molecule has 0 radical (unpaired) electrons. The Morgan fingerprint density at radius 2 is 1.52 bits per heavy atom. The fourth-order valence-corrected chi connectivity index (χ4v) is 4.36. The molecule has 1 saturated carbocycles. The van der Waals surface area contributed by atoms with E-state index in [9.17, 15) is 14.7 Å². The molecular formula is C24H44O6Si. The lowest BCUT2D eigenvalue weighted by Crippen LogP contribution is -2.46. The van der Waals surface area contributed by atoms with E-state index in [0.717, 1.165) is 0 Å². The maximum absolute atomic E-state index is 12.7. The van der Waals surface area contributed by atoms with Crippen LogP contribution in [0.5, 0.6) is 0 Å². The third-order valence-electron chi connectivity index (χ3n) is 6.53. The first-order valence-electron chi connectivity index (χ1n) is 11.1. The third kappa shape index (κ3) is 6.20. The Labute approximate surface area is 189 Å². The zero-order valence-electron chi connectivity index (χ0n) is 21.5. The van der Waals surface area contributed by atoms with Crippen LogP contribution in [0, 0.1) is 16.2 Å². The molecule has 6 nitrogen and oxygen atoms in total. The highest BCUT2D eigenvalue weighted by molar-refractivity contribution is 6.74. The second-order valence-electron chi connectivity index (χ2n) is 12.4. The molecule has 1 aliphatic rings. The minimum atomic E-state index is -2.16. The van der Waals surface area contributed by atoms with Gasteiger partial charge in [-0.05, 0) is 65.2 Å². The van der Waals surface area contributed by atoms with Gasteiger partial charge < -0.3 is 19.0 Å². The van der Waals surface area contributed by atoms with Crippen LogP contribution in [0.2, 0.25) is 18.1 Å². The molecule has 1 fully saturated rings. The van der Waals surface area contributed by atoms with Gasteiger partial charge in [-0.15, -0.1) is 0 Å². The Morgan fingerprint density at radius 1 is 1.03 bits per heavy atom. The molecule has 0 spiro atoms. The molecule has 0 unspecified atom stereocenters. The first kappa shape index (κ1) is 27.9. The second-order valence-corrected chi connectivity index (χ2v) is 17.2. The number of ether oxygens (including phenoxy) is 2. The standard InChI is InChI=1S/C24H44O6Si/c1-16-17(30-31(11,12)23(8,9)10)13-18(29-20(27)22(5,6)7)24(16,14-25)15-28-19(26)21(2,3)4/h17-18,25H,1,13-15H2,2-12H3/t17-,18+,24-/m1/s1. The molecule has 0 aromatic carbocycles. The third-order valence-corrected chi connectivity index (χ3v) is 11.0. The van der Waals surface area contributed by atoms with Crippen LogP contribution in [0.15, 0.2) is 12.2 Å². The molecule has 0 aromatic heterocycles. The normalized spacial score (nSPS) is 25.5. The summed E-state index contributed by atoms with van der Waals surface area (Å²) in [6.07, 6.45) is -0.709. The van der Waals surface area contributed by atoms with Gasteiger partial charge in [0.2, 0.25) is 0 Å². The highest BCUT2D eigenvalue weighted by Gasteiger charge is 2.56. The molecule has 1 N–H and O–H groups in total. The molecule has 3 atom stereocenters. The maximum Gasteiger partial charge on any atom is 0.311 e. The summed E-state index contributed by atoms with van der Waals surface area (Å²) in [7, 11) is -2.16. The Bertz CT molecular complexity index is 692. The summed E-state index contributed by atoms with van der Waals surface area (Å²) in [5.74, 6) is -0.763. The van der Waals surface area contributed by atoms with Crippen LogP contribution >= 0.6 is 0 Å². The summed E-state index contributed by atoms with van der Waals surface area (Å²) in [4.78, 5) is 25.2. The molecule has 180 valence electrons. The summed E-state index contributed by atoms with van der Waals surface area (Å²) in [6, 6.07) is 0. The number of carbonyl (C=O) groups excluding carboxylic acids is 2. The predicted octanol–water partition coefficient (Wildman–Crippen LogP) is 4.86. The molecular weight excluding hydrogens is 412 g/mol. The highest BCUT2D eigenvalue weighted by Crippen LogP contribution is 2.49. The molecule has 1 rings (SSSR count). The van der Waals surface area contributed by atoms with E-state index in [-0.39, 0.29) is 36.3 Å². The van der Waals surface area contributed by atoms with E-state index >= 15 is 0 Å². The van der Waals surface area contributed by atoms with Gasteiger partial charge in [0, 0.05) is 6.42 Å². The first-order chi connectivity index (χ1) is 13.7. The van der Waals surface area contributed by atoms with E-state index in [0.29, 0.717) is 12.0 Å². The highest BCUT2D eigenvalue weighted by atomic mass is 28.4. The number of aliphatic hydroxyl groups excluding tert-OH is 1. The monoisotopic (exact) mass is 456 g/mol. The van der Waals surface area contributed by atoms with Crippen LogP contribution in [0.25, 0.3) is 0 Å². The Morgan fingerprint density at radius 3 is 1.90 bits per heavy atom. The van der Waals surface area contributed by atoms with E-state index in [1.165, 1.54) is 0 Å². The summed E-state index contributed by atoms with van der Waals surface area (Å²) in [6.45, 7) is 25.2. The Kier molecular flexibility index (Phi) is 8.07. The van der Waals surface area contributed by atoms with Crippen molar-refractivity contribution in [3.8, 4) is 0 Å². The number of aliphatic hydroxyl groups is 1. The van der Waals surface area contributed by atoms with Crippen molar-refractivity contribution < 1.29 is 28.6 Å². The topological polar surface area (TPSA) is 82.1 Å². The van der Waals surface area contributed by atoms with Crippen molar-refractivity contribution in [2.24, 2.45) is 16.2 Å². The van der Waals surface area contributed by atoms with Crippen LogP contribution in [-0.4, -0.2) is 50.8 Å². The SMILES string of the molecule is C=C1[C@H](O[Si](C)(C)C(C)(C)C)C[C@H](OC(=O)C(C)(C)C)[C@]1(CO)COC(=O)C(C)(C)C. The summed E-state index contributed by atoms with van der Waals surface area (Å²) < 4.78 is 18.1. The largest absolute Gasteiger partial charge is 0.464 e. The summed E-state index contributed by atoms with van der Waals surface area (Å²) in [5, 5.41) is 10.5. The Balaban J connectivity index is 3.30. The molecule has 1 aliphatic carbocycles. The van der Waals surface area contributed by atoms with Crippen molar-refractivity contribution >= 4 is 20.3 Å². The van der Waals surface area contributed by atoms with Crippen LogP contribution in [0.1, 0.15) is 68.7 Å². The zero-order chi connectivity index (χ0) is 24.6. The number of rotatable bonds is 6. The van der Waals surface area contributed by atoms with Gasteiger partial charge in [-0.2, -0.15) is 0 Å². The van der Waals surface area contributed by atoms with E-state index in [1.54, 1.807) is 41.5 Å². The summed E-state index contributed by atoms with van der Waals surface area (Å²) in [5.41, 5.74) is -1.88. The fraction of sp³-hybridized carbons (Fsp3) is 0.833. The van der Waals surface area contributed by atoms with Crippen molar-refractivity contribution in [1.29, 1.82) is 0 Å². The van der Waals surface area contributed by atoms with E-state index in [1.807, 2.05) is 0 Å². The number of esters is 2. The van der Waals surface area contributed by atoms with E-state index in [2.05, 4.69) is 40.4 Å². The second kappa shape index (κ2) is 8.98. The van der Waals surface area contributed by atoms with Crippen molar-refractivity contribution in [2.45, 2.75) is 99.1 Å². The lowest BCUT2D eigenvalue weighted by molar-refractivity contribution is -0.171. The quantitative estimate of drug-likeness (QED) is 0.349. The molecule has 0 amide bonds. The van der Waals surface area contributed by atoms with Crippen LogP contribution in [0.4, 0.5) is 0 Å². The summed E-state index contributed by atoms with van der Waals surface area (Å²) >= 11 is 0. The van der Waals surface area contributed by atoms with Crippen LogP contribution < -0.4 is 0 Å². The van der Waals surface area contributed by atoms with Gasteiger partial charge in [-0.3, -0.25) is 9.59 Å². The van der Waals surface area contributed by atoms with Crippen LogP contribution in [0.3, 0.4) is 0 Å². The maximum atomic E-state index is 12.7. The van der Waals surface area contributed by atoms with Gasteiger partial charge >= 0.3 is 11.9 Å². The number of carbonyl (C=O) groups is 2. The number of hydrogen-bond donors (Lipinski definition) is 1. The van der Waals surface area contributed by atoms with Crippen molar-refractivity contribution in [3.63, 3.8) is 0 Å². The molecule has 0 bridgehead atoms. The van der Waals surface area contributed by atoms with Gasteiger partial charge in [-0.25, -0.2) is 0 Å². The molecule has 0 aliphatic heterocycles. The molecule has 31 heavy (non-hydrogen) atoms. The number of hydrogen-bond acceptors (Lipinski definition) is 6. The fourth-order valence-electron chi connectivity index (χ4n) is 3.05. The van der Waals surface area contributed by atoms with Gasteiger partial charge in [-0.1, -0.05) is 27.4 Å². The van der Waals surface area contributed by atoms with Gasteiger partial charge in [0.1, 0.15) is 12.7 Å². The van der Waals surface area contributed by atoms with E-state index < -0.39 is 30.7 Å². The average Bonchev–Trinajstić information content (AvgIpc) is 2.81. The van der Waals surface area contributed by atoms with Gasteiger partial charge in [0.25, 0.3) is 0 Å². The molecule has 0 saturated heterocycles. The lowest BCUT2D eigenvalue weighted by atomic mass is 9.82. The average molecular weight is 457 g/mol. The van der Waals surface area contributed by atoms with Crippen molar-refractivity contribution in [3.05, 3.63) is 12.2 Å². The molecule has 0 heterocycles. The van der Waals surface area contributed by atoms with Crippen molar-refractivity contribution in [1.82, 2.24) is 0 Å². The van der Waals surface area contributed by atoms with Crippen molar-refractivity contribution in [2.75, 3.05) is 13.2 Å². The predicted molar refractivity (Wildman–Crippen MR) is 125 cm³/mol. The Hall–Kier alpha value is -1.18. The van der Waals surface area contributed by atoms with Gasteiger partial charge in [0.15, 0.2) is 8.32 Å². The van der Waals surface area contributed by atoms with E-state index in [4.69, 9.17) is 13.9 Å². The lowest BCUT2D eigenvalue weighted by Gasteiger charge is -2.39. The van der Waals surface area contributed by atoms with Crippen LogP contribution in [-0.2, 0) is 23.5 Å². The van der Waals surface area contributed by atoms with Gasteiger partial charge in [0.05, 0.1) is 29.0 Å².